The summed E-state index contributed by atoms with van der Waals surface area (Å²) >= 11 is 2.89. The summed E-state index contributed by atoms with van der Waals surface area (Å²) < 4.78 is 38.1. The number of hydrogen-bond donors (Lipinski definition) is 2. The van der Waals surface area contributed by atoms with Gasteiger partial charge in [-0.3, -0.25) is 0 Å². The summed E-state index contributed by atoms with van der Waals surface area (Å²) in [5.41, 5.74) is -0.645. The number of H-pyrrole nitrogens is 1. The number of aromatic amines is 1. The number of aromatic nitrogens is 4. The van der Waals surface area contributed by atoms with Gasteiger partial charge in [0.2, 0.25) is 5.82 Å². The lowest BCUT2D eigenvalue weighted by atomic mass is 10.2. The maximum Gasteiger partial charge on any atom is 0.417 e. The van der Waals surface area contributed by atoms with Crippen LogP contribution in [-0.2, 0) is 6.18 Å². The maximum atomic E-state index is 12.8. The Morgan fingerprint density at radius 1 is 1.43 bits per heavy atom. The van der Waals surface area contributed by atoms with Gasteiger partial charge in [0.1, 0.15) is 11.6 Å². The molecule has 0 aliphatic rings. The van der Waals surface area contributed by atoms with Crippen molar-refractivity contribution in [1.82, 2.24) is 20.6 Å². The summed E-state index contributed by atoms with van der Waals surface area (Å²) in [4.78, 5) is 0. The number of allylic oxidation sites excluding steroid dienone is 1. The van der Waals surface area contributed by atoms with Crippen molar-refractivity contribution >= 4 is 27.2 Å². The average Bonchev–Trinajstić information content (AvgIpc) is 2.94. The molecular formula is C11H6BrF3N6. The number of nitriles is 1. The highest BCUT2D eigenvalue weighted by Crippen LogP contribution is 2.38. The van der Waals surface area contributed by atoms with E-state index in [4.69, 9.17) is 5.26 Å². The van der Waals surface area contributed by atoms with Crippen LogP contribution in [0.3, 0.4) is 0 Å². The van der Waals surface area contributed by atoms with Crippen LogP contribution >= 0.6 is 15.9 Å². The van der Waals surface area contributed by atoms with Crippen LogP contribution in [0.25, 0.3) is 5.57 Å². The van der Waals surface area contributed by atoms with E-state index in [0.29, 0.717) is 0 Å². The molecule has 0 fully saturated rings. The highest BCUT2D eigenvalue weighted by molar-refractivity contribution is 9.10. The van der Waals surface area contributed by atoms with Gasteiger partial charge in [0, 0.05) is 6.20 Å². The van der Waals surface area contributed by atoms with E-state index < -0.39 is 11.7 Å². The first-order valence-electron chi connectivity index (χ1n) is 5.40. The minimum Gasteiger partial charge on any atom is -0.359 e. The van der Waals surface area contributed by atoms with Crippen LogP contribution in [0, 0.1) is 11.3 Å². The molecule has 0 amide bonds. The molecule has 0 saturated heterocycles. The van der Waals surface area contributed by atoms with Crippen LogP contribution < -0.4 is 5.32 Å². The zero-order chi connectivity index (χ0) is 15.5. The lowest BCUT2D eigenvalue weighted by molar-refractivity contribution is -0.138. The van der Waals surface area contributed by atoms with E-state index in [1.54, 1.807) is 0 Å². The maximum absolute atomic E-state index is 12.8. The van der Waals surface area contributed by atoms with E-state index in [0.717, 1.165) is 6.07 Å². The minimum absolute atomic E-state index is 0.0214. The zero-order valence-electron chi connectivity index (χ0n) is 10.1. The second-order valence-corrected chi connectivity index (χ2v) is 4.51. The number of tetrazole rings is 1. The van der Waals surface area contributed by atoms with Crippen LogP contribution in [0.2, 0.25) is 0 Å². The molecule has 1 heterocycles. The third-order valence-corrected chi connectivity index (χ3v) is 3.24. The van der Waals surface area contributed by atoms with Crippen molar-refractivity contribution in [3.05, 3.63) is 40.3 Å². The summed E-state index contributed by atoms with van der Waals surface area (Å²) in [6, 6.07) is 5.45. The van der Waals surface area contributed by atoms with Gasteiger partial charge in [-0.1, -0.05) is 6.07 Å². The van der Waals surface area contributed by atoms with Gasteiger partial charge < -0.3 is 5.32 Å². The molecule has 0 bridgehead atoms. The first-order valence-corrected chi connectivity index (χ1v) is 6.19. The molecule has 0 spiro atoms. The molecule has 10 heteroatoms. The van der Waals surface area contributed by atoms with Crippen molar-refractivity contribution in [2.45, 2.75) is 6.18 Å². The van der Waals surface area contributed by atoms with E-state index in [2.05, 4.69) is 41.9 Å². The van der Waals surface area contributed by atoms with Crippen molar-refractivity contribution in [3.63, 3.8) is 0 Å². The van der Waals surface area contributed by atoms with Gasteiger partial charge >= 0.3 is 6.18 Å². The summed E-state index contributed by atoms with van der Waals surface area (Å²) in [5.74, 6) is 0.0353. The number of nitrogens with one attached hydrogen (secondary N) is 2. The second-order valence-electron chi connectivity index (χ2n) is 3.71. The third kappa shape index (κ3) is 3.38. The Labute approximate surface area is 124 Å². The quantitative estimate of drug-likeness (QED) is 0.823. The Hall–Kier alpha value is -2.41. The predicted molar refractivity (Wildman–Crippen MR) is 70.5 cm³/mol. The Balaban J connectivity index is 2.31. The first kappa shape index (κ1) is 15.0. The van der Waals surface area contributed by atoms with Crippen LogP contribution in [0.15, 0.2) is 28.9 Å². The second kappa shape index (κ2) is 5.92. The standard InChI is InChI=1S/C11H6BrF3N6/c12-9-7(11(13,14)15)2-1-3-8(9)17-5-6(4-16)10-18-20-21-19-10/h1-3,5,17H,(H,18,19,20,21). The molecule has 2 aromatic rings. The van der Waals surface area contributed by atoms with Crippen molar-refractivity contribution in [2.24, 2.45) is 0 Å². The number of hydrogen-bond acceptors (Lipinski definition) is 5. The normalized spacial score (nSPS) is 12.0. The van der Waals surface area contributed by atoms with Crippen molar-refractivity contribution in [3.8, 4) is 6.07 Å². The smallest absolute Gasteiger partial charge is 0.359 e. The summed E-state index contributed by atoms with van der Waals surface area (Å²) in [6.07, 6.45) is -3.28. The summed E-state index contributed by atoms with van der Waals surface area (Å²) in [6.45, 7) is 0. The molecule has 6 nitrogen and oxygen atoms in total. The molecule has 0 aliphatic heterocycles. The highest BCUT2D eigenvalue weighted by atomic mass is 79.9. The fourth-order valence-corrected chi connectivity index (χ4v) is 2.04. The monoisotopic (exact) mass is 358 g/mol. The molecule has 21 heavy (non-hydrogen) atoms. The van der Waals surface area contributed by atoms with Gasteiger partial charge in [-0.2, -0.15) is 23.6 Å². The molecule has 0 atom stereocenters. The van der Waals surface area contributed by atoms with E-state index in [1.165, 1.54) is 18.3 Å². The third-order valence-electron chi connectivity index (χ3n) is 2.38. The van der Waals surface area contributed by atoms with Crippen molar-refractivity contribution in [2.75, 3.05) is 5.32 Å². The van der Waals surface area contributed by atoms with Gasteiger partial charge in [-0.25, -0.2) is 0 Å². The molecule has 2 N–H and O–H groups in total. The number of anilines is 1. The van der Waals surface area contributed by atoms with E-state index in [-0.39, 0.29) is 21.6 Å². The zero-order valence-corrected chi connectivity index (χ0v) is 11.7. The molecule has 0 unspecified atom stereocenters. The molecule has 0 saturated carbocycles. The summed E-state index contributed by atoms with van der Waals surface area (Å²) in [5, 5.41) is 24.3. The number of rotatable bonds is 3. The molecular weight excluding hydrogens is 353 g/mol. The minimum atomic E-state index is -4.48. The Morgan fingerprint density at radius 3 is 2.76 bits per heavy atom. The molecule has 0 aliphatic carbocycles. The molecule has 1 aromatic carbocycles. The Kier molecular flexibility index (Phi) is 4.23. The number of nitrogens with zero attached hydrogens (tertiary/aromatic N) is 4. The topological polar surface area (TPSA) is 90.3 Å². The molecule has 108 valence electrons. The van der Waals surface area contributed by atoms with Crippen molar-refractivity contribution < 1.29 is 13.2 Å². The predicted octanol–water partition coefficient (Wildman–Crippen LogP) is 2.96. The Morgan fingerprint density at radius 2 is 2.19 bits per heavy atom. The first-order chi connectivity index (χ1) is 9.93. The van der Waals surface area contributed by atoms with Crippen LogP contribution in [0.5, 0.6) is 0 Å². The Bertz CT molecular complexity index is 702. The van der Waals surface area contributed by atoms with Crippen LogP contribution in [-0.4, -0.2) is 20.6 Å². The fourth-order valence-electron chi connectivity index (χ4n) is 1.44. The van der Waals surface area contributed by atoms with Gasteiger partial charge in [0.15, 0.2) is 0 Å². The SMILES string of the molecule is N#CC(=CNc1cccc(C(F)(F)F)c1Br)c1nn[nH]n1. The van der Waals surface area contributed by atoms with E-state index >= 15 is 0 Å². The number of alkyl halides is 3. The van der Waals surface area contributed by atoms with Crippen LogP contribution in [0.1, 0.15) is 11.4 Å². The van der Waals surface area contributed by atoms with Crippen molar-refractivity contribution in [1.29, 1.82) is 5.26 Å². The lowest BCUT2D eigenvalue weighted by Gasteiger charge is -2.12. The molecule has 2 rings (SSSR count). The van der Waals surface area contributed by atoms with Gasteiger partial charge in [-0.05, 0) is 33.3 Å². The van der Waals surface area contributed by atoms with Gasteiger partial charge in [-0.15, -0.1) is 10.2 Å². The molecule has 0 radical (unpaired) electrons. The summed E-state index contributed by atoms with van der Waals surface area (Å²) in [7, 11) is 0. The largest absolute Gasteiger partial charge is 0.417 e. The van der Waals surface area contributed by atoms with Gasteiger partial charge in [0.25, 0.3) is 0 Å². The lowest BCUT2D eigenvalue weighted by Crippen LogP contribution is -2.07. The van der Waals surface area contributed by atoms with E-state index in [1.807, 2.05) is 6.07 Å². The molecule has 1 aromatic heterocycles. The highest BCUT2D eigenvalue weighted by Gasteiger charge is 2.33. The van der Waals surface area contributed by atoms with Crippen LogP contribution in [0.4, 0.5) is 18.9 Å². The number of benzene rings is 1. The average molecular weight is 359 g/mol. The van der Waals surface area contributed by atoms with Gasteiger partial charge in [0.05, 0.1) is 15.7 Å². The number of halogens is 4. The van der Waals surface area contributed by atoms with E-state index in [9.17, 15) is 13.2 Å². The fraction of sp³-hybridized carbons (Fsp3) is 0.0909.